The van der Waals surface area contributed by atoms with E-state index >= 15 is 0 Å². The zero-order chi connectivity index (χ0) is 11.3. The maximum Gasteiger partial charge on any atom is 0.225 e. The molecular formula is C9H16N2O2S2. The average molecular weight is 248 g/mol. The van der Waals surface area contributed by atoms with Gasteiger partial charge in [0.05, 0.1) is 6.07 Å². The molecule has 0 aromatic carbocycles. The maximum absolute atomic E-state index is 11.3. The number of hydrogen-bond acceptors (Lipinski definition) is 4. The van der Waals surface area contributed by atoms with E-state index in [-0.39, 0.29) is 6.04 Å². The number of nitriles is 1. The molecule has 0 heterocycles. The quantitative estimate of drug-likeness (QED) is 0.791. The van der Waals surface area contributed by atoms with Crippen molar-refractivity contribution >= 4 is 21.8 Å². The largest absolute Gasteiger partial charge is 0.225 e. The summed E-state index contributed by atoms with van der Waals surface area (Å²) in [5, 5.41) is 8.91. The molecule has 0 aliphatic heterocycles. The summed E-state index contributed by atoms with van der Waals surface area (Å²) in [5.74, 6) is 0.636. The molecule has 1 N–H and O–H groups in total. The van der Waals surface area contributed by atoms with Crippen LogP contribution in [0.15, 0.2) is 0 Å². The van der Waals surface area contributed by atoms with Crippen molar-refractivity contribution < 1.29 is 8.42 Å². The summed E-state index contributed by atoms with van der Waals surface area (Å²) in [6.45, 7) is 2.11. The Kier molecular flexibility index (Phi) is 4.90. The molecule has 0 spiro atoms. The molecule has 2 atom stereocenters. The van der Waals surface area contributed by atoms with Crippen LogP contribution in [0.4, 0.5) is 0 Å². The predicted molar refractivity (Wildman–Crippen MR) is 62.1 cm³/mol. The van der Waals surface area contributed by atoms with Crippen molar-refractivity contribution in [3.63, 3.8) is 0 Å². The summed E-state index contributed by atoms with van der Waals surface area (Å²) in [4.78, 5) is 0. The molecule has 2 unspecified atom stereocenters. The molecule has 1 aliphatic carbocycles. The third-order valence-corrected chi connectivity index (χ3v) is 4.82. The lowest BCUT2D eigenvalue weighted by Gasteiger charge is -2.11. The maximum atomic E-state index is 11.3. The minimum Gasteiger partial charge on any atom is -0.211 e. The van der Waals surface area contributed by atoms with Crippen LogP contribution in [0.5, 0.6) is 0 Å². The van der Waals surface area contributed by atoms with Gasteiger partial charge in [0.25, 0.3) is 0 Å². The first-order valence-corrected chi connectivity index (χ1v) is 7.76. The van der Waals surface area contributed by atoms with E-state index in [9.17, 15) is 8.42 Å². The van der Waals surface area contributed by atoms with E-state index in [1.807, 2.05) is 11.8 Å². The molecular weight excluding hydrogens is 232 g/mol. The van der Waals surface area contributed by atoms with Crippen LogP contribution in [0.1, 0.15) is 26.2 Å². The number of sulfonamides is 1. The molecule has 6 heteroatoms. The number of nitrogens with one attached hydrogen (secondary N) is 1. The minimum absolute atomic E-state index is 0.0346. The Morgan fingerprint density at radius 2 is 2.27 bits per heavy atom. The van der Waals surface area contributed by atoms with Gasteiger partial charge in [-0.05, 0) is 25.0 Å². The van der Waals surface area contributed by atoms with E-state index in [1.54, 1.807) is 6.07 Å². The molecule has 0 aromatic rings. The zero-order valence-corrected chi connectivity index (χ0v) is 10.4. The van der Waals surface area contributed by atoms with Crippen molar-refractivity contribution in [2.75, 3.05) is 11.5 Å². The lowest BCUT2D eigenvalue weighted by molar-refractivity contribution is 0.555. The van der Waals surface area contributed by atoms with Crippen LogP contribution in [-0.4, -0.2) is 31.2 Å². The number of nitrogens with zero attached hydrogens (tertiary/aromatic N) is 1. The molecule has 15 heavy (non-hydrogen) atoms. The molecule has 1 fully saturated rings. The summed E-state index contributed by atoms with van der Waals surface area (Å²) in [6, 6.07) is 1.70. The van der Waals surface area contributed by atoms with Crippen LogP contribution in [0.3, 0.4) is 0 Å². The minimum atomic E-state index is -3.37. The second-order valence-corrected chi connectivity index (χ2v) is 6.95. The first kappa shape index (κ1) is 12.8. The van der Waals surface area contributed by atoms with Crippen molar-refractivity contribution in [3.05, 3.63) is 0 Å². The molecule has 0 amide bonds. The van der Waals surface area contributed by atoms with Crippen molar-refractivity contribution in [1.29, 1.82) is 5.26 Å². The highest BCUT2D eigenvalue weighted by molar-refractivity contribution is 7.99. The van der Waals surface area contributed by atoms with E-state index in [1.165, 1.54) is 0 Å². The standard InChI is InChI=1S/C9H16N2O2S2/c1-2-14-9-4-3-8(7-9)11-15(12,13)6-5-10/h8-9,11H,2-4,6-7H2,1H3. The Bertz CT molecular complexity index is 335. The van der Waals surface area contributed by atoms with Gasteiger partial charge in [-0.2, -0.15) is 17.0 Å². The first-order valence-electron chi connectivity index (χ1n) is 5.06. The number of thioether (sulfide) groups is 1. The molecule has 0 radical (unpaired) electrons. The number of rotatable bonds is 5. The summed E-state index contributed by atoms with van der Waals surface area (Å²) in [7, 11) is -3.37. The molecule has 1 saturated carbocycles. The first-order chi connectivity index (χ1) is 7.07. The van der Waals surface area contributed by atoms with Gasteiger partial charge in [-0.1, -0.05) is 6.92 Å². The zero-order valence-electron chi connectivity index (χ0n) is 8.77. The molecule has 1 rings (SSSR count). The fourth-order valence-corrected chi connectivity index (χ4v) is 3.93. The van der Waals surface area contributed by atoms with Gasteiger partial charge in [0, 0.05) is 11.3 Å². The van der Waals surface area contributed by atoms with Crippen molar-refractivity contribution in [2.24, 2.45) is 0 Å². The molecule has 1 aliphatic rings. The predicted octanol–water partition coefficient (Wildman–Crippen LogP) is 1.10. The van der Waals surface area contributed by atoms with Gasteiger partial charge in [0.1, 0.15) is 0 Å². The van der Waals surface area contributed by atoms with Gasteiger partial charge >= 0.3 is 0 Å². The van der Waals surface area contributed by atoms with Crippen molar-refractivity contribution in [3.8, 4) is 6.07 Å². The summed E-state index contributed by atoms with van der Waals surface area (Å²) in [6.07, 6.45) is 2.85. The normalized spacial score (nSPS) is 26.4. The van der Waals surface area contributed by atoms with Crippen LogP contribution in [0.2, 0.25) is 0 Å². The van der Waals surface area contributed by atoms with Crippen molar-refractivity contribution in [2.45, 2.75) is 37.5 Å². The van der Waals surface area contributed by atoms with E-state index in [4.69, 9.17) is 5.26 Å². The molecule has 0 saturated heterocycles. The smallest absolute Gasteiger partial charge is 0.211 e. The Hall–Kier alpha value is -0.250. The van der Waals surface area contributed by atoms with Gasteiger partial charge in [-0.3, -0.25) is 0 Å². The SMILES string of the molecule is CCSC1CCC(NS(=O)(=O)CC#N)C1. The third kappa shape index (κ3) is 4.41. The van der Waals surface area contributed by atoms with Crippen LogP contribution in [-0.2, 0) is 10.0 Å². The van der Waals surface area contributed by atoms with Gasteiger partial charge in [0.2, 0.25) is 10.0 Å². The highest BCUT2D eigenvalue weighted by Gasteiger charge is 2.27. The summed E-state index contributed by atoms with van der Waals surface area (Å²) in [5.41, 5.74) is 0. The Labute approximate surface area is 95.5 Å². The molecule has 4 nitrogen and oxygen atoms in total. The van der Waals surface area contributed by atoms with Gasteiger partial charge in [0.15, 0.2) is 5.75 Å². The highest BCUT2D eigenvalue weighted by Crippen LogP contribution is 2.29. The van der Waals surface area contributed by atoms with Gasteiger partial charge < -0.3 is 0 Å². The molecule has 86 valence electrons. The van der Waals surface area contributed by atoms with Gasteiger partial charge in [-0.15, -0.1) is 0 Å². The average Bonchev–Trinajstić information content (AvgIpc) is 2.52. The van der Waals surface area contributed by atoms with Crippen LogP contribution in [0.25, 0.3) is 0 Å². The highest BCUT2D eigenvalue weighted by atomic mass is 32.2. The second kappa shape index (κ2) is 5.73. The van der Waals surface area contributed by atoms with Crippen LogP contribution >= 0.6 is 11.8 Å². The van der Waals surface area contributed by atoms with Crippen LogP contribution in [0, 0.1) is 11.3 Å². The lowest BCUT2D eigenvalue weighted by Crippen LogP contribution is -2.34. The Morgan fingerprint density at radius 3 is 2.87 bits per heavy atom. The summed E-state index contributed by atoms with van der Waals surface area (Å²) >= 11 is 1.88. The lowest BCUT2D eigenvalue weighted by atomic mass is 10.3. The van der Waals surface area contributed by atoms with E-state index in [0.29, 0.717) is 5.25 Å². The number of hydrogen-bond donors (Lipinski definition) is 1. The monoisotopic (exact) mass is 248 g/mol. The Balaban J connectivity index is 2.39. The van der Waals surface area contributed by atoms with Gasteiger partial charge in [-0.25, -0.2) is 13.1 Å². The van der Waals surface area contributed by atoms with E-state index < -0.39 is 15.8 Å². The van der Waals surface area contributed by atoms with E-state index in [0.717, 1.165) is 25.0 Å². The van der Waals surface area contributed by atoms with E-state index in [2.05, 4.69) is 11.6 Å². The third-order valence-electron chi connectivity index (χ3n) is 2.39. The Morgan fingerprint density at radius 1 is 1.53 bits per heavy atom. The topological polar surface area (TPSA) is 70.0 Å². The van der Waals surface area contributed by atoms with Crippen LogP contribution < -0.4 is 4.72 Å². The van der Waals surface area contributed by atoms with Crippen molar-refractivity contribution in [1.82, 2.24) is 4.72 Å². The molecule has 0 bridgehead atoms. The fraction of sp³-hybridized carbons (Fsp3) is 0.889. The fourth-order valence-electron chi connectivity index (χ4n) is 1.81. The second-order valence-electron chi connectivity index (χ2n) is 3.62. The summed E-state index contributed by atoms with van der Waals surface area (Å²) < 4.78 is 25.2. The molecule has 0 aromatic heterocycles.